The predicted octanol–water partition coefficient (Wildman–Crippen LogP) is 4.73. The van der Waals surface area contributed by atoms with Gasteiger partial charge in [-0.15, -0.1) is 4.36 Å². The van der Waals surface area contributed by atoms with Gasteiger partial charge < -0.3 is 14.4 Å². The Morgan fingerprint density at radius 1 is 1.32 bits per heavy atom. The number of aliphatic imine (C=N–C) groups is 1. The average Bonchev–Trinajstić information content (AvgIpc) is 2.71. The number of nitriles is 1. The van der Waals surface area contributed by atoms with Gasteiger partial charge in [-0.2, -0.15) is 5.26 Å². The molecule has 164 valence electrons. The van der Waals surface area contributed by atoms with Crippen LogP contribution < -0.4 is 4.74 Å². The summed E-state index contributed by atoms with van der Waals surface area (Å²) in [6.07, 6.45) is 2.13. The van der Waals surface area contributed by atoms with E-state index in [1.165, 1.54) is 6.26 Å². The zero-order valence-electron chi connectivity index (χ0n) is 17.7. The summed E-state index contributed by atoms with van der Waals surface area (Å²) in [7, 11) is 0.714. The van der Waals surface area contributed by atoms with Crippen molar-refractivity contribution in [3.63, 3.8) is 0 Å². The van der Waals surface area contributed by atoms with Gasteiger partial charge in [0.2, 0.25) is 0 Å². The molecular weight excluding hydrogens is 484 g/mol. The van der Waals surface area contributed by atoms with Crippen molar-refractivity contribution < 1.29 is 18.5 Å². The molecule has 0 radical (unpaired) electrons. The van der Waals surface area contributed by atoms with Gasteiger partial charge in [-0.3, -0.25) is 0 Å². The number of benzene rings is 2. The molecule has 0 heterocycles. The van der Waals surface area contributed by atoms with Crippen LogP contribution in [0, 0.1) is 11.3 Å². The summed E-state index contributed by atoms with van der Waals surface area (Å²) in [6.45, 7) is 1.98. The highest BCUT2D eigenvalue weighted by Crippen LogP contribution is 2.33. The Morgan fingerprint density at radius 3 is 2.71 bits per heavy atom. The van der Waals surface area contributed by atoms with Crippen molar-refractivity contribution in [1.82, 2.24) is 4.90 Å². The molecule has 1 unspecified atom stereocenters. The van der Waals surface area contributed by atoms with Crippen molar-refractivity contribution in [2.75, 3.05) is 27.0 Å². The Balaban J connectivity index is 2.27. The fraction of sp³-hybridized carbons (Fsp3) is 0.286. The van der Waals surface area contributed by atoms with Gasteiger partial charge >= 0.3 is 6.09 Å². The SMILES string of the molecule is CCOC(=O)N=S(C)(=O)c1cccc(COc2cc(/N=C/N(C)C)c(C#N)cc2Br)c1. The molecule has 2 rings (SSSR count). The molecule has 0 aliphatic rings. The third-order valence-electron chi connectivity index (χ3n) is 3.85. The number of hydrogen-bond donors (Lipinski definition) is 0. The number of rotatable bonds is 7. The molecule has 0 N–H and O–H groups in total. The van der Waals surface area contributed by atoms with E-state index >= 15 is 0 Å². The van der Waals surface area contributed by atoms with E-state index in [1.54, 1.807) is 48.5 Å². The van der Waals surface area contributed by atoms with Crippen molar-refractivity contribution in [2.45, 2.75) is 18.4 Å². The summed E-state index contributed by atoms with van der Waals surface area (Å²) in [5.41, 5.74) is 1.62. The van der Waals surface area contributed by atoms with Crippen LogP contribution in [0.2, 0.25) is 0 Å². The van der Waals surface area contributed by atoms with Crippen molar-refractivity contribution in [3.05, 3.63) is 52.0 Å². The van der Waals surface area contributed by atoms with E-state index in [1.807, 2.05) is 20.2 Å². The Kier molecular flexibility index (Phi) is 8.59. The van der Waals surface area contributed by atoms with Crippen molar-refractivity contribution >= 4 is 43.8 Å². The van der Waals surface area contributed by atoms with Gasteiger partial charge in [0.05, 0.1) is 38.4 Å². The maximum absolute atomic E-state index is 12.8. The topological polar surface area (TPSA) is 104 Å². The molecule has 10 heteroatoms. The van der Waals surface area contributed by atoms with Gasteiger partial charge in [0.25, 0.3) is 0 Å². The molecule has 1 atom stereocenters. The lowest BCUT2D eigenvalue weighted by atomic mass is 10.2. The summed E-state index contributed by atoms with van der Waals surface area (Å²) >= 11 is 3.41. The molecular formula is C21H23BrN4O4S. The number of carbonyl (C=O) groups excluding carboxylic acids is 1. The molecule has 0 fully saturated rings. The second-order valence-electron chi connectivity index (χ2n) is 6.65. The number of ether oxygens (including phenoxy) is 2. The maximum atomic E-state index is 12.8. The van der Waals surface area contributed by atoms with E-state index < -0.39 is 15.8 Å². The Hall–Kier alpha value is -2.90. The first-order chi connectivity index (χ1) is 14.7. The summed E-state index contributed by atoms with van der Waals surface area (Å²) in [4.78, 5) is 18.1. The molecule has 0 aromatic heterocycles. The Bertz CT molecular complexity index is 1150. The number of hydrogen-bond acceptors (Lipinski definition) is 6. The normalized spacial score (nSPS) is 12.6. The van der Waals surface area contributed by atoms with Gasteiger partial charge in [-0.05, 0) is 46.6 Å². The Labute approximate surface area is 190 Å². The van der Waals surface area contributed by atoms with Gasteiger partial charge in [-0.25, -0.2) is 14.0 Å². The molecule has 8 nitrogen and oxygen atoms in total. The maximum Gasteiger partial charge on any atom is 0.442 e. The molecule has 0 spiro atoms. The first-order valence-electron chi connectivity index (χ1n) is 9.21. The zero-order chi connectivity index (χ0) is 23.0. The van der Waals surface area contributed by atoms with Crippen LogP contribution in [0.4, 0.5) is 10.5 Å². The fourth-order valence-electron chi connectivity index (χ4n) is 2.40. The first-order valence-corrected chi connectivity index (χ1v) is 11.9. The van der Waals surface area contributed by atoms with Crippen molar-refractivity contribution in [1.29, 1.82) is 5.26 Å². The van der Waals surface area contributed by atoms with Crippen LogP contribution >= 0.6 is 15.9 Å². The van der Waals surface area contributed by atoms with Crippen LogP contribution in [-0.4, -0.2) is 48.5 Å². The van der Waals surface area contributed by atoms with E-state index in [-0.39, 0.29) is 13.2 Å². The highest BCUT2D eigenvalue weighted by atomic mass is 79.9. The van der Waals surface area contributed by atoms with E-state index in [0.29, 0.717) is 26.4 Å². The minimum Gasteiger partial charge on any atom is -0.488 e. The van der Waals surface area contributed by atoms with Crippen LogP contribution in [0.25, 0.3) is 0 Å². The number of amides is 1. The fourth-order valence-corrected chi connectivity index (χ4v) is 4.01. The standard InChI is InChI=1S/C21H23BrN4O4S/c1-5-29-21(27)25-31(4,28)17-8-6-7-15(9-17)13-30-20-11-19(24-14-26(2)3)16(12-23)10-18(20)22/h6-11,14H,5,13H2,1-4H3/b24-14+. The minimum atomic E-state index is -2.95. The molecule has 0 aliphatic heterocycles. The summed E-state index contributed by atoms with van der Waals surface area (Å²) in [5.74, 6) is 0.503. The summed E-state index contributed by atoms with van der Waals surface area (Å²) < 4.78 is 27.8. The summed E-state index contributed by atoms with van der Waals surface area (Å²) in [5, 5.41) is 9.34. The molecule has 0 saturated heterocycles. The lowest BCUT2D eigenvalue weighted by molar-refractivity contribution is 0.164. The zero-order valence-corrected chi connectivity index (χ0v) is 20.1. The van der Waals surface area contributed by atoms with Crippen molar-refractivity contribution in [3.8, 4) is 11.8 Å². The molecule has 0 saturated carbocycles. The largest absolute Gasteiger partial charge is 0.488 e. The van der Waals surface area contributed by atoms with E-state index in [9.17, 15) is 14.3 Å². The lowest BCUT2D eigenvalue weighted by Gasteiger charge is -2.12. The van der Waals surface area contributed by atoms with E-state index in [4.69, 9.17) is 9.47 Å². The third-order valence-corrected chi connectivity index (χ3v) is 6.09. The summed E-state index contributed by atoms with van der Waals surface area (Å²) in [6, 6.07) is 12.3. The first kappa shape index (κ1) is 24.4. The predicted molar refractivity (Wildman–Crippen MR) is 123 cm³/mol. The van der Waals surface area contributed by atoms with Gasteiger partial charge in [0.15, 0.2) is 0 Å². The molecule has 2 aromatic carbocycles. The molecule has 0 bridgehead atoms. The Morgan fingerprint density at radius 2 is 2.06 bits per heavy atom. The van der Waals surface area contributed by atoms with Crippen LogP contribution in [0.15, 0.2) is 55.1 Å². The third kappa shape index (κ3) is 7.08. The minimum absolute atomic E-state index is 0.159. The van der Waals surface area contributed by atoms with E-state index in [0.717, 1.165) is 5.56 Å². The lowest BCUT2D eigenvalue weighted by Crippen LogP contribution is -2.07. The number of halogens is 1. The number of nitrogens with zero attached hydrogens (tertiary/aromatic N) is 4. The van der Waals surface area contributed by atoms with Crippen LogP contribution in [-0.2, 0) is 21.1 Å². The molecule has 31 heavy (non-hydrogen) atoms. The van der Waals surface area contributed by atoms with Crippen LogP contribution in [0.3, 0.4) is 0 Å². The van der Waals surface area contributed by atoms with Gasteiger partial charge in [0.1, 0.15) is 18.4 Å². The van der Waals surface area contributed by atoms with Gasteiger partial charge in [-0.1, -0.05) is 12.1 Å². The number of carbonyl (C=O) groups is 1. The van der Waals surface area contributed by atoms with Crippen LogP contribution in [0.5, 0.6) is 5.75 Å². The second kappa shape index (κ2) is 10.9. The second-order valence-corrected chi connectivity index (χ2v) is 9.76. The smallest absolute Gasteiger partial charge is 0.442 e. The molecule has 1 amide bonds. The monoisotopic (exact) mass is 506 g/mol. The highest BCUT2D eigenvalue weighted by Gasteiger charge is 2.12. The van der Waals surface area contributed by atoms with Crippen LogP contribution in [0.1, 0.15) is 18.1 Å². The highest BCUT2D eigenvalue weighted by molar-refractivity contribution is 9.10. The average molecular weight is 507 g/mol. The molecule has 2 aromatic rings. The van der Waals surface area contributed by atoms with Gasteiger partial charge in [0, 0.05) is 31.3 Å². The molecule has 0 aliphatic carbocycles. The van der Waals surface area contributed by atoms with Crippen molar-refractivity contribution in [2.24, 2.45) is 9.36 Å². The quantitative estimate of drug-likeness (QED) is 0.396. The van der Waals surface area contributed by atoms with E-state index in [2.05, 4.69) is 31.4 Å².